The molecule has 0 bridgehead atoms. The molecule has 1 aromatic heterocycles. The van der Waals surface area contributed by atoms with E-state index in [2.05, 4.69) is 10.3 Å². The van der Waals surface area contributed by atoms with Crippen molar-refractivity contribution < 1.29 is 19.1 Å². The summed E-state index contributed by atoms with van der Waals surface area (Å²) in [6.07, 6.45) is 0. The number of carboxylic acids is 1. The van der Waals surface area contributed by atoms with Gasteiger partial charge in [-0.15, -0.1) is 0 Å². The van der Waals surface area contributed by atoms with Crippen LogP contribution in [0.5, 0.6) is 5.75 Å². The highest BCUT2D eigenvalue weighted by Gasteiger charge is 2.30. The minimum absolute atomic E-state index is 0.488. The molecule has 0 saturated heterocycles. The van der Waals surface area contributed by atoms with E-state index in [9.17, 15) is 9.90 Å². The van der Waals surface area contributed by atoms with Crippen LogP contribution in [0.1, 0.15) is 25.0 Å². The maximum atomic E-state index is 11.4. The van der Waals surface area contributed by atoms with Crippen molar-refractivity contribution in [1.29, 1.82) is 0 Å². The molecule has 3 aromatic carbocycles. The first-order chi connectivity index (χ1) is 15.3. The highest BCUT2D eigenvalue weighted by Crippen LogP contribution is 2.30. The molecule has 4 aromatic rings. The van der Waals surface area contributed by atoms with Gasteiger partial charge in [-0.3, -0.25) is 0 Å². The largest absolute Gasteiger partial charge is 0.478 e. The lowest BCUT2D eigenvalue weighted by molar-refractivity contribution is -0.152. The lowest BCUT2D eigenvalue weighted by Gasteiger charge is -2.23. The molecule has 0 unspecified atom stereocenters. The van der Waals surface area contributed by atoms with Crippen LogP contribution in [0.25, 0.3) is 22.6 Å². The summed E-state index contributed by atoms with van der Waals surface area (Å²) >= 11 is 6.25. The molecule has 0 spiro atoms. The van der Waals surface area contributed by atoms with Crippen LogP contribution in [0.3, 0.4) is 0 Å². The third-order valence-electron chi connectivity index (χ3n) is 5.08. The van der Waals surface area contributed by atoms with Crippen LogP contribution in [0.15, 0.2) is 71.1 Å². The molecule has 0 aliphatic rings. The van der Waals surface area contributed by atoms with E-state index in [0.29, 0.717) is 35.3 Å². The number of nitrogens with one attached hydrogen (secondary N) is 1. The number of carbonyl (C=O) groups is 1. The van der Waals surface area contributed by atoms with Crippen LogP contribution in [0, 0.1) is 0 Å². The smallest absolute Gasteiger partial charge is 0.347 e. The maximum Gasteiger partial charge on any atom is 0.347 e. The van der Waals surface area contributed by atoms with Crippen molar-refractivity contribution in [1.82, 2.24) is 10.3 Å². The van der Waals surface area contributed by atoms with Gasteiger partial charge in [-0.25, -0.2) is 9.78 Å². The number of halogens is 1. The van der Waals surface area contributed by atoms with Gasteiger partial charge >= 0.3 is 5.97 Å². The molecule has 6 nitrogen and oxygen atoms in total. The van der Waals surface area contributed by atoms with Crippen molar-refractivity contribution in [3.8, 4) is 17.2 Å². The lowest BCUT2D eigenvalue weighted by atomic mass is 10.1. The Bertz CT molecular complexity index is 1230. The van der Waals surface area contributed by atoms with Crippen molar-refractivity contribution in [2.24, 2.45) is 0 Å². The molecule has 0 amide bonds. The Morgan fingerprint density at radius 1 is 1.06 bits per heavy atom. The lowest BCUT2D eigenvalue weighted by Crippen LogP contribution is -2.38. The molecule has 0 atom stereocenters. The number of oxazole rings is 1. The molecular formula is C25H23ClN2O4. The topological polar surface area (TPSA) is 84.6 Å². The number of rotatable bonds is 8. The first-order valence-electron chi connectivity index (χ1n) is 10.2. The number of carboxylic acid groups (broad SMARTS) is 1. The first kappa shape index (κ1) is 21.9. The fourth-order valence-corrected chi connectivity index (χ4v) is 3.46. The van der Waals surface area contributed by atoms with E-state index >= 15 is 0 Å². The van der Waals surface area contributed by atoms with Gasteiger partial charge in [0.2, 0.25) is 5.89 Å². The summed E-state index contributed by atoms with van der Waals surface area (Å²) in [5.74, 6) is 0.0181. The van der Waals surface area contributed by atoms with E-state index in [1.807, 2.05) is 60.7 Å². The second-order valence-corrected chi connectivity index (χ2v) is 8.35. The van der Waals surface area contributed by atoms with Gasteiger partial charge < -0.3 is 19.6 Å². The van der Waals surface area contributed by atoms with Crippen molar-refractivity contribution in [3.05, 3.63) is 82.9 Å². The number of nitrogens with zero attached hydrogens (tertiary/aromatic N) is 1. The van der Waals surface area contributed by atoms with E-state index in [0.717, 1.165) is 22.2 Å². The first-order valence-corrected chi connectivity index (χ1v) is 10.6. The molecule has 0 radical (unpaired) electrons. The highest BCUT2D eigenvalue weighted by molar-refractivity contribution is 6.30. The standard InChI is InChI=1S/C25H23ClN2O4/c1-25(2,24(29)30)32-21-9-5-3-7-17(21)15-27-14-16-11-12-18(26)13-19(16)23-28-20-8-4-6-10-22(20)31-23/h3-13,27H,14-15H2,1-2H3,(H,29,30). The molecule has 7 heteroatoms. The van der Waals surface area contributed by atoms with E-state index in [1.54, 1.807) is 6.07 Å². The quantitative estimate of drug-likeness (QED) is 0.359. The third kappa shape index (κ3) is 4.77. The Balaban J connectivity index is 1.53. The predicted molar refractivity (Wildman–Crippen MR) is 124 cm³/mol. The van der Waals surface area contributed by atoms with Crippen molar-refractivity contribution in [2.75, 3.05) is 0 Å². The molecule has 0 fully saturated rings. The Morgan fingerprint density at radius 2 is 1.78 bits per heavy atom. The van der Waals surface area contributed by atoms with Crippen LogP contribution in [0.4, 0.5) is 0 Å². The number of aliphatic carboxylic acids is 1. The number of ether oxygens (including phenoxy) is 1. The molecule has 1 heterocycles. The van der Waals surface area contributed by atoms with Crippen LogP contribution >= 0.6 is 11.6 Å². The Morgan fingerprint density at radius 3 is 2.56 bits per heavy atom. The van der Waals surface area contributed by atoms with Crippen LogP contribution in [-0.4, -0.2) is 21.7 Å². The predicted octanol–water partition coefficient (Wildman–Crippen LogP) is 5.68. The zero-order valence-electron chi connectivity index (χ0n) is 17.8. The summed E-state index contributed by atoms with van der Waals surface area (Å²) in [4.78, 5) is 16.0. The van der Waals surface area contributed by atoms with Crippen molar-refractivity contribution in [2.45, 2.75) is 32.5 Å². The summed E-state index contributed by atoms with van der Waals surface area (Å²) in [7, 11) is 0. The summed E-state index contributed by atoms with van der Waals surface area (Å²) in [5, 5.41) is 13.4. The van der Waals surface area contributed by atoms with Gasteiger partial charge in [-0.2, -0.15) is 0 Å². The fraction of sp³-hybridized carbons (Fsp3) is 0.200. The van der Waals surface area contributed by atoms with Crippen LogP contribution in [-0.2, 0) is 17.9 Å². The number of aromatic nitrogens is 1. The number of benzene rings is 3. The van der Waals surface area contributed by atoms with Crippen LogP contribution in [0.2, 0.25) is 5.02 Å². The van der Waals surface area contributed by atoms with E-state index in [4.69, 9.17) is 20.8 Å². The Kier molecular flexibility index (Phi) is 6.17. The molecule has 32 heavy (non-hydrogen) atoms. The molecule has 4 rings (SSSR count). The SMILES string of the molecule is CC(C)(Oc1ccccc1CNCc1ccc(Cl)cc1-c1nc2ccccc2o1)C(=O)O. The zero-order chi connectivity index (χ0) is 22.7. The van der Waals surface area contributed by atoms with Gasteiger partial charge in [0, 0.05) is 29.2 Å². The molecule has 0 aliphatic heterocycles. The minimum atomic E-state index is -1.33. The molecule has 2 N–H and O–H groups in total. The monoisotopic (exact) mass is 450 g/mol. The Labute approximate surface area is 190 Å². The summed E-state index contributed by atoms with van der Waals surface area (Å²) in [6.45, 7) is 4.07. The van der Waals surface area contributed by atoms with E-state index in [1.165, 1.54) is 13.8 Å². The van der Waals surface area contributed by atoms with Crippen molar-refractivity contribution >= 4 is 28.7 Å². The Hall–Kier alpha value is -3.35. The zero-order valence-corrected chi connectivity index (χ0v) is 18.5. The maximum absolute atomic E-state index is 11.4. The van der Waals surface area contributed by atoms with Gasteiger partial charge in [0.15, 0.2) is 11.2 Å². The van der Waals surface area contributed by atoms with Gasteiger partial charge in [0.05, 0.1) is 0 Å². The third-order valence-corrected chi connectivity index (χ3v) is 5.31. The second kappa shape index (κ2) is 9.02. The van der Waals surface area contributed by atoms with Gasteiger partial charge in [-0.05, 0) is 49.7 Å². The molecular weight excluding hydrogens is 428 g/mol. The number of hydrogen-bond acceptors (Lipinski definition) is 5. The average molecular weight is 451 g/mol. The normalized spacial score (nSPS) is 11.6. The number of hydrogen-bond donors (Lipinski definition) is 2. The number of para-hydroxylation sites is 3. The second-order valence-electron chi connectivity index (χ2n) is 7.92. The minimum Gasteiger partial charge on any atom is -0.478 e. The molecule has 164 valence electrons. The fourth-order valence-electron chi connectivity index (χ4n) is 3.29. The average Bonchev–Trinajstić information content (AvgIpc) is 3.20. The highest BCUT2D eigenvalue weighted by atomic mass is 35.5. The van der Waals surface area contributed by atoms with E-state index < -0.39 is 11.6 Å². The van der Waals surface area contributed by atoms with Gasteiger partial charge in [-0.1, -0.05) is 48.0 Å². The number of fused-ring (bicyclic) bond motifs is 1. The van der Waals surface area contributed by atoms with Gasteiger partial charge in [0.25, 0.3) is 0 Å². The van der Waals surface area contributed by atoms with Gasteiger partial charge in [0.1, 0.15) is 11.3 Å². The molecule has 0 saturated carbocycles. The van der Waals surface area contributed by atoms with E-state index in [-0.39, 0.29) is 0 Å². The van der Waals surface area contributed by atoms with Crippen LogP contribution < -0.4 is 10.1 Å². The summed E-state index contributed by atoms with van der Waals surface area (Å²) in [5.41, 5.74) is 2.83. The summed E-state index contributed by atoms with van der Waals surface area (Å²) in [6, 6.07) is 20.6. The molecule has 0 aliphatic carbocycles. The summed E-state index contributed by atoms with van der Waals surface area (Å²) < 4.78 is 11.7. The van der Waals surface area contributed by atoms with Crippen molar-refractivity contribution in [3.63, 3.8) is 0 Å².